The van der Waals surface area contributed by atoms with Crippen LogP contribution in [-0.2, 0) is 23.7 Å². The number of rotatable bonds is 6. The van der Waals surface area contributed by atoms with E-state index in [0.29, 0.717) is 0 Å². The summed E-state index contributed by atoms with van der Waals surface area (Å²) in [6, 6.07) is -4.05. The van der Waals surface area contributed by atoms with Gasteiger partial charge >= 0.3 is 0 Å². The van der Waals surface area contributed by atoms with Crippen LogP contribution in [0.15, 0.2) is 0 Å². The van der Waals surface area contributed by atoms with Crippen LogP contribution >= 0.6 is 0 Å². The van der Waals surface area contributed by atoms with Crippen LogP contribution in [0, 0.1) is 0 Å². The number of ether oxygens (including phenoxy) is 5. The third-order valence-corrected chi connectivity index (χ3v) is 7.74. The van der Waals surface area contributed by atoms with Crippen LogP contribution in [-0.4, -0.2) is 148 Å². The highest BCUT2D eigenvalue weighted by molar-refractivity contribution is 5.01. The maximum Gasteiger partial charge on any atom is 0.189 e. The Morgan fingerprint density at radius 2 is 1.43 bits per heavy atom. The zero-order valence-corrected chi connectivity index (χ0v) is 20.5. The Balaban J connectivity index is 1.43. The number of nitrogens with one attached hydrogen (secondary N) is 1. The van der Waals surface area contributed by atoms with Crippen LogP contribution in [0.5, 0.6) is 0 Å². The maximum atomic E-state index is 11.1. The van der Waals surface area contributed by atoms with Gasteiger partial charge in [-0.25, -0.2) is 0 Å². The summed E-state index contributed by atoms with van der Waals surface area (Å²) in [7, 11) is 1.55. The minimum absolute atomic E-state index is 0.156. The predicted molar refractivity (Wildman–Crippen MR) is 123 cm³/mol. The number of hydrogen-bond donors (Lipinski definition) is 11. The second-order valence-corrected chi connectivity index (χ2v) is 10.3. The molecule has 216 valence electrons. The smallest absolute Gasteiger partial charge is 0.189 e. The first kappa shape index (κ1) is 29.3. The third kappa shape index (κ3) is 5.66. The normalized spacial score (nSPS) is 55.1. The summed E-state index contributed by atoms with van der Waals surface area (Å²) in [6.07, 6.45) is -13.7. The van der Waals surface area contributed by atoms with Gasteiger partial charge in [0.2, 0.25) is 0 Å². The standard InChI is InChI=1S/C21H41N5O11/c1-26-11-14(30)18-8(33-20(11)37-21-16(32)13(29)10(25)9(4-27)34-21)3-7(24)19(36-18)35-17-6(23)2-5(22)12(28)15(17)31/h5-21,26-32H,2-4,22-25H2,1H3/t5-,6+,7+,8-,9-,10-,11-,12+,13+,14+,15-,16-,17-,18-,19?,20+,21-/m1/s1. The van der Waals surface area contributed by atoms with E-state index in [1.165, 1.54) is 0 Å². The van der Waals surface area contributed by atoms with Gasteiger partial charge in [-0.1, -0.05) is 0 Å². The Hall–Kier alpha value is -0.640. The highest BCUT2D eigenvalue weighted by Crippen LogP contribution is 2.35. The quantitative estimate of drug-likeness (QED) is 0.149. The lowest BCUT2D eigenvalue weighted by molar-refractivity contribution is -0.373. The lowest BCUT2D eigenvalue weighted by Gasteiger charge is -2.51. The molecule has 0 bridgehead atoms. The van der Waals surface area contributed by atoms with Gasteiger partial charge < -0.3 is 82.6 Å². The van der Waals surface area contributed by atoms with Crippen LogP contribution in [0.2, 0.25) is 0 Å². The molecule has 0 aromatic rings. The number of aliphatic hydroxyl groups is 6. The van der Waals surface area contributed by atoms with Crippen molar-refractivity contribution in [3.8, 4) is 0 Å². The molecule has 1 aliphatic carbocycles. The summed E-state index contributed by atoms with van der Waals surface area (Å²) in [5.74, 6) is 0. The van der Waals surface area contributed by atoms with Gasteiger partial charge in [0.05, 0.1) is 36.9 Å². The highest BCUT2D eigenvalue weighted by atomic mass is 16.8. The summed E-state index contributed by atoms with van der Waals surface area (Å²) >= 11 is 0. The zero-order valence-electron chi connectivity index (χ0n) is 20.5. The molecular weight excluding hydrogens is 498 g/mol. The van der Waals surface area contributed by atoms with Crippen molar-refractivity contribution in [3.63, 3.8) is 0 Å². The summed E-state index contributed by atoms with van der Waals surface area (Å²) in [6.45, 7) is -0.508. The SMILES string of the molecule is CN[C@H]1[C@H](O[C@H]2O[C@H](CO)[C@@H](N)[C@H](O)[C@H]2O)O[C@@H]2C[C@H](N)C(O[C@H]3[C@H](O)[C@@H](O)[C@H](N)C[C@@H]3N)O[C@H]2[C@H]1O. The number of hydrogen-bond acceptors (Lipinski definition) is 16. The first-order valence-electron chi connectivity index (χ1n) is 12.5. The molecule has 1 saturated carbocycles. The molecule has 1 unspecified atom stereocenters. The monoisotopic (exact) mass is 539 g/mol. The van der Waals surface area contributed by atoms with Gasteiger partial charge in [0, 0.05) is 12.1 Å². The van der Waals surface area contributed by atoms with E-state index in [1.807, 2.05) is 0 Å². The molecule has 3 heterocycles. The minimum atomic E-state index is -1.54. The van der Waals surface area contributed by atoms with Crippen molar-refractivity contribution in [1.82, 2.24) is 5.32 Å². The Morgan fingerprint density at radius 1 is 0.730 bits per heavy atom. The highest BCUT2D eigenvalue weighted by Gasteiger charge is 2.54. The first-order valence-corrected chi connectivity index (χ1v) is 12.5. The molecule has 15 N–H and O–H groups in total. The number of aliphatic hydroxyl groups excluding tert-OH is 6. The number of fused-ring (bicyclic) bond motifs is 1. The van der Waals surface area contributed by atoms with Crippen molar-refractivity contribution in [1.29, 1.82) is 0 Å². The fraction of sp³-hybridized carbons (Fsp3) is 1.00. The lowest BCUT2D eigenvalue weighted by Crippen LogP contribution is -2.70. The average Bonchev–Trinajstić information content (AvgIpc) is 2.86. The predicted octanol–water partition coefficient (Wildman–Crippen LogP) is -6.95. The Kier molecular flexibility index (Phi) is 9.40. The minimum Gasteiger partial charge on any atom is -0.394 e. The Bertz CT molecular complexity index is 756. The number of nitrogens with two attached hydrogens (primary N) is 4. The lowest BCUT2D eigenvalue weighted by atomic mass is 9.84. The van der Waals surface area contributed by atoms with E-state index in [0.717, 1.165) is 0 Å². The molecule has 0 amide bonds. The molecule has 3 aliphatic heterocycles. The molecule has 4 fully saturated rings. The average molecular weight is 540 g/mol. The molecule has 0 aromatic carbocycles. The van der Waals surface area contributed by atoms with E-state index in [-0.39, 0.29) is 12.8 Å². The topological polar surface area (TPSA) is 284 Å². The van der Waals surface area contributed by atoms with Crippen LogP contribution in [0.3, 0.4) is 0 Å². The molecule has 0 spiro atoms. The Morgan fingerprint density at radius 3 is 2.08 bits per heavy atom. The van der Waals surface area contributed by atoms with Crippen LogP contribution in [0.4, 0.5) is 0 Å². The van der Waals surface area contributed by atoms with Crippen LogP contribution in [0.25, 0.3) is 0 Å². The van der Waals surface area contributed by atoms with Crippen molar-refractivity contribution < 1.29 is 54.3 Å². The van der Waals surface area contributed by atoms with Gasteiger partial charge in [-0.15, -0.1) is 0 Å². The maximum absolute atomic E-state index is 11.1. The van der Waals surface area contributed by atoms with Gasteiger partial charge in [-0.2, -0.15) is 0 Å². The van der Waals surface area contributed by atoms with Gasteiger partial charge in [-0.05, 0) is 19.9 Å². The summed E-state index contributed by atoms with van der Waals surface area (Å²) in [5, 5.41) is 64.7. The van der Waals surface area contributed by atoms with E-state index in [2.05, 4.69) is 5.32 Å². The van der Waals surface area contributed by atoms with Crippen molar-refractivity contribution in [2.24, 2.45) is 22.9 Å². The summed E-state index contributed by atoms with van der Waals surface area (Å²) in [4.78, 5) is 0. The second kappa shape index (κ2) is 11.8. The molecule has 37 heavy (non-hydrogen) atoms. The van der Waals surface area contributed by atoms with Crippen LogP contribution < -0.4 is 28.3 Å². The fourth-order valence-corrected chi connectivity index (χ4v) is 5.46. The van der Waals surface area contributed by atoms with E-state index in [9.17, 15) is 30.6 Å². The molecule has 0 radical (unpaired) electrons. The van der Waals surface area contributed by atoms with Crippen molar-refractivity contribution in [3.05, 3.63) is 0 Å². The summed E-state index contributed by atoms with van der Waals surface area (Å²) < 4.78 is 29.2. The second-order valence-electron chi connectivity index (χ2n) is 10.3. The van der Waals surface area contributed by atoms with Crippen LogP contribution in [0.1, 0.15) is 12.8 Å². The molecule has 16 nitrogen and oxygen atoms in total. The van der Waals surface area contributed by atoms with Gasteiger partial charge in [0.15, 0.2) is 18.9 Å². The largest absolute Gasteiger partial charge is 0.394 e. The fourth-order valence-electron chi connectivity index (χ4n) is 5.46. The van der Waals surface area contributed by atoms with Crippen molar-refractivity contribution >= 4 is 0 Å². The van der Waals surface area contributed by atoms with Crippen molar-refractivity contribution in [2.75, 3.05) is 13.7 Å². The summed E-state index contributed by atoms with van der Waals surface area (Å²) in [5.41, 5.74) is 24.0. The molecule has 4 rings (SSSR count). The van der Waals surface area contributed by atoms with Gasteiger partial charge in [0.25, 0.3) is 0 Å². The van der Waals surface area contributed by atoms with Gasteiger partial charge in [0.1, 0.15) is 42.7 Å². The van der Waals surface area contributed by atoms with E-state index >= 15 is 0 Å². The number of likely N-dealkylation sites (N-methyl/N-ethyl adjacent to an activating group) is 1. The molecule has 16 heteroatoms. The first-order chi connectivity index (χ1) is 17.5. The molecule has 0 aromatic heterocycles. The third-order valence-electron chi connectivity index (χ3n) is 7.74. The van der Waals surface area contributed by atoms with Gasteiger partial charge in [-0.3, -0.25) is 0 Å². The molecule has 17 atom stereocenters. The Labute approximate surface area is 213 Å². The van der Waals surface area contributed by atoms with E-state index < -0.39 is 111 Å². The van der Waals surface area contributed by atoms with E-state index in [1.54, 1.807) is 7.05 Å². The van der Waals surface area contributed by atoms with E-state index in [4.69, 9.17) is 46.6 Å². The molecular formula is C21H41N5O11. The molecule has 3 saturated heterocycles. The zero-order chi connectivity index (χ0) is 27.2. The van der Waals surface area contributed by atoms with Crippen molar-refractivity contribution in [2.45, 2.75) is 117 Å². The molecule has 4 aliphatic rings.